The van der Waals surface area contributed by atoms with Crippen LogP contribution in [0.15, 0.2) is 18.2 Å². The number of carbonyl (C=O) groups is 1. The first-order chi connectivity index (χ1) is 9.02. The van der Waals surface area contributed by atoms with Crippen LogP contribution in [0.5, 0.6) is 0 Å². The topological polar surface area (TPSA) is 84.6 Å². The maximum absolute atomic E-state index is 12.1. The summed E-state index contributed by atoms with van der Waals surface area (Å²) in [5, 5.41) is 13.0. The zero-order valence-corrected chi connectivity index (χ0v) is 11.1. The molecule has 1 aliphatic rings. The van der Waals surface area contributed by atoms with Crippen LogP contribution in [0.2, 0.25) is 0 Å². The fourth-order valence-corrected chi connectivity index (χ4v) is 2.26. The van der Waals surface area contributed by atoms with E-state index in [9.17, 15) is 9.90 Å². The second kappa shape index (κ2) is 5.59. The number of amides is 1. The van der Waals surface area contributed by atoms with Crippen LogP contribution in [0.3, 0.4) is 0 Å². The number of rotatable bonds is 3. The second-order valence-electron chi connectivity index (χ2n) is 5.06. The Kier molecular flexibility index (Phi) is 4.07. The minimum atomic E-state index is -0.870. The summed E-state index contributed by atoms with van der Waals surface area (Å²) in [6.07, 6.45) is 1.08. The first-order valence-electron chi connectivity index (χ1n) is 6.45. The summed E-state index contributed by atoms with van der Waals surface area (Å²) in [6, 6.07) is 5.35. The van der Waals surface area contributed by atoms with Crippen LogP contribution in [0.25, 0.3) is 0 Å². The molecule has 1 amide bonds. The molecular formula is C14H20N2O3. The van der Waals surface area contributed by atoms with Crippen molar-refractivity contribution in [2.24, 2.45) is 0 Å². The number of benzene rings is 1. The average molecular weight is 264 g/mol. The average Bonchev–Trinajstić information content (AvgIpc) is 2.37. The molecule has 0 radical (unpaired) electrons. The van der Waals surface area contributed by atoms with Gasteiger partial charge in [0.1, 0.15) is 0 Å². The van der Waals surface area contributed by atoms with Gasteiger partial charge in [0.05, 0.1) is 11.2 Å². The molecule has 2 rings (SSSR count). The van der Waals surface area contributed by atoms with Gasteiger partial charge in [0.15, 0.2) is 0 Å². The van der Waals surface area contributed by atoms with Crippen molar-refractivity contribution in [1.29, 1.82) is 0 Å². The van der Waals surface area contributed by atoms with Crippen molar-refractivity contribution in [1.82, 2.24) is 5.32 Å². The number of aryl methyl sites for hydroxylation is 1. The summed E-state index contributed by atoms with van der Waals surface area (Å²) >= 11 is 0. The molecule has 1 aliphatic heterocycles. The highest BCUT2D eigenvalue weighted by atomic mass is 16.5. The molecule has 0 bridgehead atoms. The molecule has 0 atom stereocenters. The molecular weight excluding hydrogens is 244 g/mol. The fraction of sp³-hybridized carbons (Fsp3) is 0.500. The zero-order chi connectivity index (χ0) is 13.9. The van der Waals surface area contributed by atoms with Gasteiger partial charge in [-0.15, -0.1) is 0 Å². The van der Waals surface area contributed by atoms with Gasteiger partial charge in [0.25, 0.3) is 5.91 Å². The molecule has 1 fully saturated rings. The number of carbonyl (C=O) groups excluding carboxylic acids is 1. The Hall–Kier alpha value is -1.59. The van der Waals surface area contributed by atoms with Gasteiger partial charge >= 0.3 is 0 Å². The zero-order valence-electron chi connectivity index (χ0n) is 11.1. The number of ether oxygens (including phenoxy) is 1. The van der Waals surface area contributed by atoms with E-state index < -0.39 is 5.60 Å². The van der Waals surface area contributed by atoms with Gasteiger partial charge < -0.3 is 20.9 Å². The summed E-state index contributed by atoms with van der Waals surface area (Å²) < 4.78 is 5.20. The molecule has 1 heterocycles. The summed E-state index contributed by atoms with van der Waals surface area (Å²) in [5.74, 6) is -0.240. The normalized spacial score (nSPS) is 18.0. The summed E-state index contributed by atoms with van der Waals surface area (Å²) in [4.78, 5) is 12.1. The summed E-state index contributed by atoms with van der Waals surface area (Å²) in [7, 11) is 0. The van der Waals surface area contributed by atoms with E-state index in [1.807, 2.05) is 19.1 Å². The Morgan fingerprint density at radius 3 is 2.79 bits per heavy atom. The molecule has 1 saturated heterocycles. The van der Waals surface area contributed by atoms with Gasteiger partial charge in [0.2, 0.25) is 0 Å². The van der Waals surface area contributed by atoms with Gasteiger partial charge in [-0.3, -0.25) is 4.79 Å². The van der Waals surface area contributed by atoms with Crippen LogP contribution in [-0.2, 0) is 4.74 Å². The molecule has 0 aliphatic carbocycles. The Morgan fingerprint density at radius 1 is 1.47 bits per heavy atom. The van der Waals surface area contributed by atoms with Crippen molar-refractivity contribution in [2.75, 3.05) is 25.5 Å². The largest absolute Gasteiger partial charge is 0.398 e. The quantitative estimate of drug-likeness (QED) is 0.707. The van der Waals surface area contributed by atoms with Crippen LogP contribution in [-0.4, -0.2) is 36.4 Å². The number of nitrogen functional groups attached to an aromatic ring is 1. The van der Waals surface area contributed by atoms with Crippen molar-refractivity contribution in [3.8, 4) is 0 Å². The lowest BCUT2D eigenvalue weighted by atomic mass is 9.94. The number of hydrogen-bond donors (Lipinski definition) is 3. The van der Waals surface area contributed by atoms with Crippen LogP contribution in [0.1, 0.15) is 28.8 Å². The van der Waals surface area contributed by atoms with E-state index in [-0.39, 0.29) is 12.5 Å². The minimum Gasteiger partial charge on any atom is -0.398 e. The predicted molar refractivity (Wildman–Crippen MR) is 72.9 cm³/mol. The van der Waals surface area contributed by atoms with Crippen molar-refractivity contribution in [2.45, 2.75) is 25.4 Å². The Morgan fingerprint density at radius 2 is 2.16 bits per heavy atom. The van der Waals surface area contributed by atoms with Gasteiger partial charge in [0, 0.05) is 38.3 Å². The Balaban J connectivity index is 2.01. The van der Waals surface area contributed by atoms with E-state index in [1.54, 1.807) is 6.07 Å². The highest BCUT2D eigenvalue weighted by molar-refractivity contribution is 6.00. The molecule has 104 valence electrons. The van der Waals surface area contributed by atoms with Gasteiger partial charge in [-0.2, -0.15) is 0 Å². The van der Waals surface area contributed by atoms with Gasteiger partial charge in [-0.25, -0.2) is 0 Å². The van der Waals surface area contributed by atoms with E-state index >= 15 is 0 Å². The monoisotopic (exact) mass is 264 g/mol. The van der Waals surface area contributed by atoms with E-state index in [4.69, 9.17) is 10.5 Å². The number of hydrogen-bond acceptors (Lipinski definition) is 4. The molecule has 4 N–H and O–H groups in total. The van der Waals surface area contributed by atoms with E-state index in [0.717, 1.165) is 5.56 Å². The molecule has 0 aromatic heterocycles. The molecule has 0 saturated carbocycles. The summed E-state index contributed by atoms with van der Waals surface area (Å²) in [6.45, 7) is 3.12. The lowest BCUT2D eigenvalue weighted by molar-refractivity contribution is -0.0605. The van der Waals surface area contributed by atoms with Crippen LogP contribution < -0.4 is 11.1 Å². The maximum Gasteiger partial charge on any atom is 0.253 e. The standard InChI is InChI=1S/C14H20N2O3/c1-10-3-2-4-11(15)12(10)13(17)16-9-14(18)5-7-19-8-6-14/h2-4,18H,5-9,15H2,1H3,(H,16,17). The maximum atomic E-state index is 12.1. The highest BCUT2D eigenvalue weighted by Crippen LogP contribution is 2.20. The van der Waals surface area contributed by atoms with Crippen molar-refractivity contribution < 1.29 is 14.6 Å². The van der Waals surface area contributed by atoms with E-state index in [1.165, 1.54) is 0 Å². The van der Waals surface area contributed by atoms with Gasteiger partial charge in [-0.1, -0.05) is 12.1 Å². The number of nitrogens with one attached hydrogen (secondary N) is 1. The summed E-state index contributed by atoms with van der Waals surface area (Å²) in [5.41, 5.74) is 6.72. The highest BCUT2D eigenvalue weighted by Gasteiger charge is 2.30. The van der Waals surface area contributed by atoms with Crippen LogP contribution >= 0.6 is 0 Å². The molecule has 5 heteroatoms. The predicted octanol–water partition coefficient (Wildman–Crippen LogP) is 0.849. The third kappa shape index (κ3) is 3.24. The first-order valence-corrected chi connectivity index (χ1v) is 6.45. The lowest BCUT2D eigenvalue weighted by Gasteiger charge is -2.32. The fourth-order valence-electron chi connectivity index (χ4n) is 2.26. The molecule has 1 aromatic carbocycles. The molecule has 0 spiro atoms. The van der Waals surface area contributed by atoms with Crippen molar-refractivity contribution >= 4 is 11.6 Å². The van der Waals surface area contributed by atoms with E-state index in [2.05, 4.69) is 5.32 Å². The Bertz CT molecular complexity index is 448. The van der Waals surface area contributed by atoms with E-state index in [0.29, 0.717) is 37.3 Å². The van der Waals surface area contributed by atoms with Crippen molar-refractivity contribution in [3.05, 3.63) is 29.3 Å². The first kappa shape index (κ1) is 13.8. The lowest BCUT2D eigenvalue weighted by Crippen LogP contribution is -2.46. The molecule has 19 heavy (non-hydrogen) atoms. The number of nitrogens with two attached hydrogens (primary N) is 1. The SMILES string of the molecule is Cc1cccc(N)c1C(=O)NCC1(O)CCOCC1. The second-order valence-corrected chi connectivity index (χ2v) is 5.06. The Labute approximate surface area is 112 Å². The molecule has 0 unspecified atom stereocenters. The smallest absolute Gasteiger partial charge is 0.253 e. The number of anilines is 1. The van der Waals surface area contributed by atoms with Crippen LogP contribution in [0.4, 0.5) is 5.69 Å². The third-order valence-electron chi connectivity index (χ3n) is 3.53. The minimum absolute atomic E-state index is 0.225. The molecule has 1 aromatic rings. The number of aliphatic hydroxyl groups is 1. The van der Waals surface area contributed by atoms with Gasteiger partial charge in [-0.05, 0) is 18.6 Å². The molecule has 5 nitrogen and oxygen atoms in total. The van der Waals surface area contributed by atoms with Crippen LogP contribution in [0, 0.1) is 6.92 Å². The van der Waals surface area contributed by atoms with Crippen molar-refractivity contribution in [3.63, 3.8) is 0 Å². The third-order valence-corrected chi connectivity index (χ3v) is 3.53.